The number of nitrogens with zero attached hydrogens (tertiary/aromatic N) is 3. The van der Waals surface area contributed by atoms with Gasteiger partial charge in [-0.2, -0.15) is 0 Å². The fourth-order valence-corrected chi connectivity index (χ4v) is 5.18. The van der Waals surface area contributed by atoms with Crippen molar-refractivity contribution in [1.82, 2.24) is 4.90 Å². The topological polar surface area (TPSA) is 60.9 Å². The first-order valence-electron chi connectivity index (χ1n) is 11.4. The Labute approximate surface area is 192 Å². The van der Waals surface area contributed by atoms with E-state index in [9.17, 15) is 18.8 Å². The number of imide groups is 1. The number of hydrogen-bond acceptors (Lipinski definition) is 4. The van der Waals surface area contributed by atoms with Gasteiger partial charge in [-0.15, -0.1) is 0 Å². The summed E-state index contributed by atoms with van der Waals surface area (Å²) in [5, 5.41) is 0. The minimum Gasteiger partial charge on any atom is -0.368 e. The van der Waals surface area contributed by atoms with E-state index in [-0.39, 0.29) is 41.3 Å². The summed E-state index contributed by atoms with van der Waals surface area (Å²) in [6.07, 6.45) is 4.56. The molecule has 0 N–H and O–H groups in total. The number of benzene rings is 2. The van der Waals surface area contributed by atoms with Crippen LogP contribution in [0.4, 0.5) is 15.8 Å². The third-order valence-electron chi connectivity index (χ3n) is 6.98. The Kier molecular flexibility index (Phi) is 5.48. The van der Waals surface area contributed by atoms with E-state index in [2.05, 4.69) is 4.90 Å². The quantitative estimate of drug-likeness (QED) is 0.534. The van der Waals surface area contributed by atoms with Gasteiger partial charge in [0.2, 0.25) is 11.8 Å². The lowest BCUT2D eigenvalue weighted by molar-refractivity contribution is -0.122. The van der Waals surface area contributed by atoms with Crippen molar-refractivity contribution < 1.29 is 18.8 Å². The maximum Gasteiger partial charge on any atom is 0.254 e. The van der Waals surface area contributed by atoms with Crippen molar-refractivity contribution in [2.45, 2.75) is 13.3 Å². The van der Waals surface area contributed by atoms with E-state index in [1.165, 1.54) is 17.0 Å². The molecule has 2 aromatic rings. The summed E-state index contributed by atoms with van der Waals surface area (Å²) >= 11 is 0. The highest BCUT2D eigenvalue weighted by atomic mass is 19.1. The smallest absolute Gasteiger partial charge is 0.254 e. The van der Waals surface area contributed by atoms with Crippen LogP contribution >= 0.6 is 0 Å². The Morgan fingerprint density at radius 1 is 0.939 bits per heavy atom. The number of hydrogen-bond donors (Lipinski definition) is 0. The summed E-state index contributed by atoms with van der Waals surface area (Å²) in [4.78, 5) is 44.4. The third kappa shape index (κ3) is 3.81. The van der Waals surface area contributed by atoms with E-state index in [0.717, 1.165) is 5.69 Å². The molecule has 6 nitrogen and oxygen atoms in total. The molecule has 3 aliphatic rings. The second kappa shape index (κ2) is 8.46. The van der Waals surface area contributed by atoms with Crippen LogP contribution < -0.4 is 9.80 Å². The maximum atomic E-state index is 13.2. The van der Waals surface area contributed by atoms with Crippen LogP contribution in [0, 0.1) is 23.6 Å². The van der Waals surface area contributed by atoms with E-state index in [0.29, 0.717) is 43.9 Å². The number of fused-ring (bicyclic) bond motifs is 1. The molecule has 33 heavy (non-hydrogen) atoms. The largest absolute Gasteiger partial charge is 0.368 e. The Balaban J connectivity index is 1.30. The minimum atomic E-state index is -0.332. The Morgan fingerprint density at radius 3 is 2.36 bits per heavy atom. The summed E-state index contributed by atoms with van der Waals surface area (Å²) in [7, 11) is 0. The molecule has 0 spiro atoms. The second-order valence-corrected chi connectivity index (χ2v) is 8.97. The van der Waals surface area contributed by atoms with Gasteiger partial charge in [0.15, 0.2) is 0 Å². The number of rotatable bonds is 3. The van der Waals surface area contributed by atoms with Gasteiger partial charge in [0.25, 0.3) is 5.91 Å². The second-order valence-electron chi connectivity index (χ2n) is 8.97. The van der Waals surface area contributed by atoms with Gasteiger partial charge >= 0.3 is 0 Å². The predicted molar refractivity (Wildman–Crippen MR) is 123 cm³/mol. The zero-order valence-electron chi connectivity index (χ0n) is 18.5. The summed E-state index contributed by atoms with van der Waals surface area (Å²) in [5.41, 5.74) is 1.86. The summed E-state index contributed by atoms with van der Waals surface area (Å²) in [6, 6.07) is 13.2. The first kappa shape index (κ1) is 21.4. The SMILES string of the molecule is C[C@@H]1C=CC[C@@H]2C(=O)N(c3cccc(C(=O)N4CCN(c5ccc(F)cc5)CC4)c3)C(=O)[C@H]12. The van der Waals surface area contributed by atoms with Gasteiger partial charge < -0.3 is 9.80 Å². The molecule has 2 aliphatic heterocycles. The van der Waals surface area contributed by atoms with Crippen molar-refractivity contribution >= 4 is 29.1 Å². The molecule has 2 heterocycles. The van der Waals surface area contributed by atoms with Gasteiger partial charge in [-0.1, -0.05) is 25.1 Å². The van der Waals surface area contributed by atoms with Crippen LogP contribution in [0.15, 0.2) is 60.7 Å². The van der Waals surface area contributed by atoms with Crippen molar-refractivity contribution in [3.8, 4) is 0 Å². The number of amides is 3. The lowest BCUT2D eigenvalue weighted by Gasteiger charge is -2.36. The zero-order valence-corrected chi connectivity index (χ0v) is 18.5. The molecule has 2 aromatic carbocycles. The van der Waals surface area contributed by atoms with Crippen molar-refractivity contribution in [3.63, 3.8) is 0 Å². The lowest BCUT2D eigenvalue weighted by atomic mass is 9.78. The van der Waals surface area contributed by atoms with Crippen molar-refractivity contribution in [2.24, 2.45) is 17.8 Å². The van der Waals surface area contributed by atoms with E-state index in [1.807, 2.05) is 19.1 Å². The molecule has 0 aromatic heterocycles. The number of anilines is 2. The van der Waals surface area contributed by atoms with Crippen molar-refractivity contribution in [2.75, 3.05) is 36.0 Å². The molecule has 0 saturated carbocycles. The van der Waals surface area contributed by atoms with Crippen molar-refractivity contribution in [3.05, 3.63) is 72.1 Å². The first-order chi connectivity index (χ1) is 15.9. The Hall–Kier alpha value is -3.48. The molecule has 5 rings (SSSR count). The molecule has 1 aliphatic carbocycles. The molecular weight excluding hydrogens is 421 g/mol. The monoisotopic (exact) mass is 447 g/mol. The normalized spacial score (nSPS) is 24.9. The standard InChI is InChI=1S/C26H26FN3O3/c1-17-4-2-7-22-23(17)26(33)30(25(22)32)21-6-3-5-18(16-21)24(31)29-14-12-28(13-15-29)20-10-8-19(27)9-11-20/h2-6,8-11,16-17,22-23H,7,12-15H2,1H3/t17-,22+,23-/m1/s1. The van der Waals surface area contributed by atoms with E-state index >= 15 is 0 Å². The highest BCUT2D eigenvalue weighted by Gasteiger charge is 2.50. The summed E-state index contributed by atoms with van der Waals surface area (Å²) in [5.74, 6) is -1.39. The minimum absolute atomic E-state index is 0.0208. The van der Waals surface area contributed by atoms with Crippen LogP contribution in [0.2, 0.25) is 0 Å². The Bertz CT molecular complexity index is 1120. The molecule has 0 bridgehead atoms. The number of allylic oxidation sites excluding steroid dienone is 2. The van der Waals surface area contributed by atoms with Crippen LogP contribution in [0.1, 0.15) is 23.7 Å². The van der Waals surface area contributed by atoms with Gasteiger partial charge in [-0.05, 0) is 54.8 Å². The van der Waals surface area contributed by atoms with Crippen LogP contribution in [-0.2, 0) is 9.59 Å². The predicted octanol–water partition coefficient (Wildman–Crippen LogP) is 3.49. The summed E-state index contributed by atoms with van der Waals surface area (Å²) < 4.78 is 13.2. The van der Waals surface area contributed by atoms with Crippen LogP contribution in [0.5, 0.6) is 0 Å². The van der Waals surface area contributed by atoms with Crippen LogP contribution in [-0.4, -0.2) is 48.8 Å². The number of halogens is 1. The van der Waals surface area contributed by atoms with Gasteiger partial charge in [0.1, 0.15) is 5.82 Å². The van der Waals surface area contributed by atoms with E-state index in [4.69, 9.17) is 0 Å². The van der Waals surface area contributed by atoms with Crippen LogP contribution in [0.25, 0.3) is 0 Å². The third-order valence-corrected chi connectivity index (χ3v) is 6.98. The molecule has 2 saturated heterocycles. The molecule has 170 valence electrons. The lowest BCUT2D eigenvalue weighted by Crippen LogP contribution is -2.48. The highest BCUT2D eigenvalue weighted by molar-refractivity contribution is 6.22. The zero-order chi connectivity index (χ0) is 23.1. The van der Waals surface area contributed by atoms with Gasteiger partial charge in [-0.3, -0.25) is 19.3 Å². The van der Waals surface area contributed by atoms with Gasteiger partial charge in [-0.25, -0.2) is 4.39 Å². The maximum absolute atomic E-state index is 13.2. The molecule has 0 unspecified atom stereocenters. The molecular formula is C26H26FN3O3. The molecule has 3 amide bonds. The highest BCUT2D eigenvalue weighted by Crippen LogP contribution is 2.40. The summed E-state index contributed by atoms with van der Waals surface area (Å²) in [6.45, 7) is 4.33. The molecule has 0 radical (unpaired) electrons. The van der Waals surface area contributed by atoms with Crippen LogP contribution in [0.3, 0.4) is 0 Å². The fourth-order valence-electron chi connectivity index (χ4n) is 5.18. The first-order valence-corrected chi connectivity index (χ1v) is 11.4. The number of carbonyl (C=O) groups excluding carboxylic acids is 3. The number of piperazine rings is 1. The average molecular weight is 448 g/mol. The molecule has 7 heteroatoms. The van der Waals surface area contributed by atoms with E-state index in [1.54, 1.807) is 41.3 Å². The van der Waals surface area contributed by atoms with E-state index < -0.39 is 0 Å². The fraction of sp³-hybridized carbons (Fsp3) is 0.346. The van der Waals surface area contributed by atoms with Crippen molar-refractivity contribution in [1.29, 1.82) is 0 Å². The van der Waals surface area contributed by atoms with Gasteiger partial charge in [0.05, 0.1) is 17.5 Å². The average Bonchev–Trinajstić information content (AvgIpc) is 3.10. The Morgan fingerprint density at radius 2 is 1.67 bits per heavy atom. The number of carbonyl (C=O) groups is 3. The molecule has 3 atom stereocenters. The van der Waals surface area contributed by atoms with Gasteiger partial charge in [0, 0.05) is 37.4 Å². The molecule has 2 fully saturated rings.